The maximum atomic E-state index is 13.4. The molecule has 5 nitrogen and oxygen atoms in total. The Balaban J connectivity index is 1.57. The summed E-state index contributed by atoms with van der Waals surface area (Å²) in [7, 11) is 0. The molecule has 0 unspecified atom stereocenters. The quantitative estimate of drug-likeness (QED) is 0.509. The topological polar surface area (TPSA) is 64.0 Å². The molecule has 2 heterocycles. The summed E-state index contributed by atoms with van der Waals surface area (Å²) >= 11 is 2.86. The maximum Gasteiger partial charge on any atom is 0.267 e. The SMILES string of the molecule is O=C(CSc1nc2scc(C3CC3)c2c(=O)n1-c1ccccc1)NC1CC1. The Labute approximate surface area is 164 Å². The molecule has 0 bridgehead atoms. The van der Waals surface area contributed by atoms with E-state index in [1.165, 1.54) is 23.1 Å². The van der Waals surface area contributed by atoms with Gasteiger partial charge in [0, 0.05) is 6.04 Å². The second-order valence-electron chi connectivity index (χ2n) is 7.15. The number of nitrogens with zero attached hydrogens (tertiary/aromatic N) is 2. The van der Waals surface area contributed by atoms with Gasteiger partial charge in [-0.1, -0.05) is 30.0 Å². The van der Waals surface area contributed by atoms with Gasteiger partial charge in [0.15, 0.2) is 5.16 Å². The van der Waals surface area contributed by atoms with Gasteiger partial charge < -0.3 is 5.32 Å². The van der Waals surface area contributed by atoms with Gasteiger partial charge in [-0.05, 0) is 54.7 Å². The van der Waals surface area contributed by atoms with Crippen molar-refractivity contribution in [1.29, 1.82) is 0 Å². The van der Waals surface area contributed by atoms with Gasteiger partial charge in [0.25, 0.3) is 5.56 Å². The van der Waals surface area contributed by atoms with Crippen LogP contribution in [0.4, 0.5) is 0 Å². The van der Waals surface area contributed by atoms with Gasteiger partial charge in [-0.3, -0.25) is 14.2 Å². The highest BCUT2D eigenvalue weighted by Gasteiger charge is 2.29. The summed E-state index contributed by atoms with van der Waals surface area (Å²) in [5.41, 5.74) is 1.90. The van der Waals surface area contributed by atoms with Crippen LogP contribution in [0.3, 0.4) is 0 Å². The highest BCUT2D eigenvalue weighted by Crippen LogP contribution is 2.44. The molecule has 2 aliphatic rings. The summed E-state index contributed by atoms with van der Waals surface area (Å²) in [5.74, 6) is 0.767. The monoisotopic (exact) mass is 397 g/mol. The highest BCUT2D eigenvalue weighted by atomic mass is 32.2. The predicted octanol–water partition coefficient (Wildman–Crippen LogP) is 3.70. The fraction of sp³-hybridized carbons (Fsp3) is 0.350. The molecule has 27 heavy (non-hydrogen) atoms. The van der Waals surface area contributed by atoms with Crippen LogP contribution in [0.25, 0.3) is 15.9 Å². The second-order valence-corrected chi connectivity index (χ2v) is 8.95. The van der Waals surface area contributed by atoms with Gasteiger partial charge in [-0.2, -0.15) is 0 Å². The molecule has 2 fully saturated rings. The van der Waals surface area contributed by atoms with Crippen LogP contribution in [-0.2, 0) is 4.79 Å². The van der Waals surface area contributed by atoms with Crippen LogP contribution in [0.15, 0.2) is 45.7 Å². The number of benzene rings is 1. The lowest BCUT2D eigenvalue weighted by Crippen LogP contribution is -2.28. The Hall–Kier alpha value is -2.12. The van der Waals surface area contributed by atoms with Crippen LogP contribution in [0.2, 0.25) is 0 Å². The molecular formula is C20H19N3O2S2. The molecule has 2 aliphatic carbocycles. The smallest absolute Gasteiger partial charge is 0.267 e. The number of amides is 1. The van der Waals surface area contributed by atoms with Gasteiger partial charge in [0.2, 0.25) is 5.91 Å². The first kappa shape index (κ1) is 17.0. The fourth-order valence-corrected chi connectivity index (χ4v) is 5.10. The van der Waals surface area contributed by atoms with Crippen molar-refractivity contribution in [2.24, 2.45) is 0 Å². The molecule has 2 saturated carbocycles. The number of carbonyl (C=O) groups is 1. The Morgan fingerprint density at radius 3 is 2.70 bits per heavy atom. The molecule has 0 radical (unpaired) electrons. The zero-order valence-corrected chi connectivity index (χ0v) is 16.3. The zero-order valence-electron chi connectivity index (χ0n) is 14.7. The summed E-state index contributed by atoms with van der Waals surface area (Å²) in [4.78, 5) is 31.1. The van der Waals surface area contributed by atoms with Crippen LogP contribution in [-0.4, -0.2) is 27.3 Å². The molecule has 0 atom stereocenters. The third-order valence-corrected chi connectivity index (χ3v) is 6.74. The van der Waals surface area contributed by atoms with Crippen molar-refractivity contribution in [2.75, 3.05) is 5.75 Å². The zero-order chi connectivity index (χ0) is 18.4. The van der Waals surface area contributed by atoms with Gasteiger partial charge >= 0.3 is 0 Å². The first-order valence-corrected chi connectivity index (χ1v) is 11.1. The van der Waals surface area contributed by atoms with Crippen molar-refractivity contribution >= 4 is 39.2 Å². The first-order chi connectivity index (χ1) is 13.2. The molecule has 0 saturated heterocycles. The summed E-state index contributed by atoms with van der Waals surface area (Å²) in [6.07, 6.45) is 4.42. The van der Waals surface area contributed by atoms with Crippen molar-refractivity contribution < 1.29 is 4.79 Å². The van der Waals surface area contributed by atoms with E-state index in [2.05, 4.69) is 10.7 Å². The van der Waals surface area contributed by atoms with E-state index in [0.29, 0.717) is 17.1 Å². The molecule has 138 valence electrons. The molecule has 1 N–H and O–H groups in total. The number of hydrogen-bond donors (Lipinski definition) is 1. The maximum absolute atomic E-state index is 13.4. The second kappa shape index (κ2) is 6.80. The van der Waals surface area contributed by atoms with Gasteiger partial charge in [-0.25, -0.2) is 4.98 Å². The highest BCUT2D eigenvalue weighted by molar-refractivity contribution is 7.99. The van der Waals surface area contributed by atoms with Crippen LogP contribution < -0.4 is 10.9 Å². The lowest BCUT2D eigenvalue weighted by Gasteiger charge is -2.12. The fourth-order valence-electron chi connectivity index (χ4n) is 3.22. The Morgan fingerprint density at radius 1 is 1.22 bits per heavy atom. The van der Waals surface area contributed by atoms with Crippen molar-refractivity contribution in [3.8, 4) is 5.69 Å². The molecular weight excluding hydrogens is 378 g/mol. The molecule has 5 rings (SSSR count). The van der Waals surface area contributed by atoms with Crippen molar-refractivity contribution in [3.05, 3.63) is 51.6 Å². The number of thioether (sulfide) groups is 1. The number of fused-ring (bicyclic) bond motifs is 1. The predicted molar refractivity (Wildman–Crippen MR) is 109 cm³/mol. The lowest BCUT2D eigenvalue weighted by atomic mass is 10.1. The number of nitrogens with one attached hydrogen (secondary N) is 1. The van der Waals surface area contributed by atoms with E-state index in [-0.39, 0.29) is 17.2 Å². The average molecular weight is 398 g/mol. The Kier molecular flexibility index (Phi) is 4.28. The van der Waals surface area contributed by atoms with E-state index >= 15 is 0 Å². The number of thiophene rings is 1. The standard InChI is InChI=1S/C20H19N3O2S2/c24-16(21-13-8-9-13)11-27-20-22-18-17(15(10-26-18)12-6-7-12)19(25)23(20)14-4-2-1-3-5-14/h1-5,10,12-13H,6-9,11H2,(H,21,24). The van der Waals surface area contributed by atoms with Gasteiger partial charge in [0.1, 0.15) is 4.83 Å². The molecule has 0 spiro atoms. The third kappa shape index (κ3) is 3.41. The number of rotatable bonds is 6. The van der Waals surface area contributed by atoms with Crippen LogP contribution in [0, 0.1) is 0 Å². The minimum Gasteiger partial charge on any atom is -0.353 e. The average Bonchev–Trinajstić information content (AvgIpc) is 3.61. The largest absolute Gasteiger partial charge is 0.353 e. The number of hydrogen-bond acceptors (Lipinski definition) is 5. The molecule has 1 aromatic carbocycles. The van der Waals surface area contributed by atoms with Crippen LogP contribution >= 0.6 is 23.1 Å². The molecule has 1 amide bonds. The summed E-state index contributed by atoms with van der Waals surface area (Å²) in [5, 5.41) is 6.40. The summed E-state index contributed by atoms with van der Waals surface area (Å²) < 4.78 is 1.66. The van der Waals surface area contributed by atoms with E-state index in [0.717, 1.165) is 47.2 Å². The number of carbonyl (C=O) groups excluding carboxylic acids is 1. The molecule has 0 aliphatic heterocycles. The molecule has 3 aromatic rings. The van der Waals surface area contributed by atoms with Crippen LogP contribution in [0.1, 0.15) is 37.2 Å². The lowest BCUT2D eigenvalue weighted by molar-refractivity contribution is -0.118. The van der Waals surface area contributed by atoms with E-state index in [9.17, 15) is 9.59 Å². The van der Waals surface area contributed by atoms with Crippen molar-refractivity contribution in [3.63, 3.8) is 0 Å². The summed E-state index contributed by atoms with van der Waals surface area (Å²) in [6, 6.07) is 9.91. The number of aromatic nitrogens is 2. The normalized spacial score (nSPS) is 16.6. The van der Waals surface area contributed by atoms with Gasteiger partial charge in [-0.15, -0.1) is 11.3 Å². The van der Waals surface area contributed by atoms with Gasteiger partial charge in [0.05, 0.1) is 16.8 Å². The van der Waals surface area contributed by atoms with E-state index in [4.69, 9.17) is 4.98 Å². The van der Waals surface area contributed by atoms with E-state index in [1.54, 1.807) is 4.57 Å². The number of para-hydroxylation sites is 1. The first-order valence-electron chi connectivity index (χ1n) is 9.22. The minimum atomic E-state index is -0.0283. The molecule has 7 heteroatoms. The third-order valence-electron chi connectivity index (χ3n) is 4.91. The Morgan fingerprint density at radius 2 is 2.00 bits per heavy atom. The van der Waals surface area contributed by atoms with Crippen LogP contribution in [0.5, 0.6) is 0 Å². The minimum absolute atomic E-state index is 0.00121. The van der Waals surface area contributed by atoms with Crippen molar-refractivity contribution in [2.45, 2.75) is 42.8 Å². The summed E-state index contributed by atoms with van der Waals surface area (Å²) in [6.45, 7) is 0. The molecule has 2 aromatic heterocycles. The van der Waals surface area contributed by atoms with E-state index < -0.39 is 0 Å². The van der Waals surface area contributed by atoms with Crippen molar-refractivity contribution in [1.82, 2.24) is 14.9 Å². The Bertz CT molecular complexity index is 1070. The van der Waals surface area contributed by atoms with E-state index in [1.807, 2.05) is 30.3 Å².